The quantitative estimate of drug-likeness (QED) is 0.598. The third-order valence-corrected chi connectivity index (χ3v) is 2.90. The average molecular weight is 320 g/mol. The summed E-state index contributed by atoms with van der Waals surface area (Å²) in [4.78, 5) is 0. The van der Waals surface area contributed by atoms with Gasteiger partial charge in [-0.2, -0.15) is 26.3 Å². The summed E-state index contributed by atoms with van der Waals surface area (Å²) in [5, 5.41) is 0. The number of hydrogen-bond donors (Lipinski definition) is 2. The third kappa shape index (κ3) is 3.44. The van der Waals surface area contributed by atoms with Crippen LogP contribution < -0.4 is 11.5 Å². The first-order chi connectivity index (χ1) is 9.96. The van der Waals surface area contributed by atoms with Crippen LogP contribution in [0.25, 0.3) is 11.1 Å². The number of benzene rings is 2. The van der Waals surface area contributed by atoms with E-state index in [4.69, 9.17) is 11.5 Å². The predicted octanol–water partition coefficient (Wildman–Crippen LogP) is 4.56. The second-order valence-corrected chi connectivity index (χ2v) is 4.68. The molecule has 0 amide bonds. The van der Waals surface area contributed by atoms with Crippen molar-refractivity contribution in [2.24, 2.45) is 0 Å². The van der Waals surface area contributed by atoms with Gasteiger partial charge in [0.05, 0.1) is 11.1 Å². The van der Waals surface area contributed by atoms with Gasteiger partial charge >= 0.3 is 12.4 Å². The van der Waals surface area contributed by atoms with E-state index < -0.39 is 23.5 Å². The Kier molecular flexibility index (Phi) is 3.72. The van der Waals surface area contributed by atoms with Crippen LogP contribution in [0.3, 0.4) is 0 Å². The van der Waals surface area contributed by atoms with E-state index in [0.29, 0.717) is 12.1 Å². The zero-order valence-corrected chi connectivity index (χ0v) is 10.9. The van der Waals surface area contributed by atoms with E-state index in [1.807, 2.05) is 0 Å². The Morgan fingerprint density at radius 2 is 0.909 bits per heavy atom. The average Bonchev–Trinajstić information content (AvgIpc) is 2.35. The standard InChI is InChI=1S/C14H10F6N2/c15-13(16,17)9-1-7(2-10(5-9)14(18,19)20)8-3-11(21)6-12(22)4-8/h1-6H,21-22H2. The summed E-state index contributed by atoms with van der Waals surface area (Å²) in [6, 6.07) is 5.19. The molecule has 8 heteroatoms. The summed E-state index contributed by atoms with van der Waals surface area (Å²) < 4.78 is 76.8. The number of hydrogen-bond acceptors (Lipinski definition) is 2. The van der Waals surface area contributed by atoms with Gasteiger partial charge in [-0.25, -0.2) is 0 Å². The Bertz CT molecular complexity index is 651. The molecule has 118 valence electrons. The van der Waals surface area contributed by atoms with Crippen molar-refractivity contribution in [3.8, 4) is 11.1 Å². The number of rotatable bonds is 1. The lowest BCUT2D eigenvalue weighted by Crippen LogP contribution is -2.11. The van der Waals surface area contributed by atoms with E-state index in [2.05, 4.69) is 0 Å². The molecule has 0 aromatic heterocycles. The molecule has 2 nitrogen and oxygen atoms in total. The van der Waals surface area contributed by atoms with Gasteiger partial charge in [-0.1, -0.05) is 0 Å². The fraction of sp³-hybridized carbons (Fsp3) is 0.143. The summed E-state index contributed by atoms with van der Waals surface area (Å²) in [5.74, 6) is 0. The summed E-state index contributed by atoms with van der Waals surface area (Å²) >= 11 is 0. The fourth-order valence-corrected chi connectivity index (χ4v) is 1.96. The number of nitrogen functional groups attached to an aromatic ring is 2. The molecule has 0 bridgehead atoms. The summed E-state index contributed by atoms with van der Waals surface area (Å²) in [5.41, 5.74) is 8.35. The van der Waals surface area contributed by atoms with Crippen LogP contribution in [0, 0.1) is 0 Å². The van der Waals surface area contributed by atoms with Crippen molar-refractivity contribution in [2.45, 2.75) is 12.4 Å². The zero-order valence-electron chi connectivity index (χ0n) is 10.9. The van der Waals surface area contributed by atoms with Crippen LogP contribution in [0.15, 0.2) is 36.4 Å². The molecule has 2 rings (SSSR count). The Morgan fingerprint density at radius 3 is 1.27 bits per heavy atom. The van der Waals surface area contributed by atoms with Gasteiger partial charge in [0.2, 0.25) is 0 Å². The molecule has 2 aromatic carbocycles. The highest BCUT2D eigenvalue weighted by Crippen LogP contribution is 2.39. The molecule has 0 aliphatic carbocycles. The zero-order chi connectivity index (χ0) is 16.7. The molecule has 0 fully saturated rings. The van der Waals surface area contributed by atoms with Crippen molar-refractivity contribution >= 4 is 11.4 Å². The Morgan fingerprint density at radius 1 is 0.545 bits per heavy atom. The minimum atomic E-state index is -4.90. The van der Waals surface area contributed by atoms with E-state index in [0.717, 1.165) is 0 Å². The molecule has 0 atom stereocenters. The Hall–Kier alpha value is -2.38. The maximum atomic E-state index is 12.8. The molecular formula is C14H10F6N2. The van der Waals surface area contributed by atoms with Gasteiger partial charge in [0.1, 0.15) is 0 Å². The van der Waals surface area contributed by atoms with Crippen LogP contribution in [-0.2, 0) is 12.4 Å². The summed E-state index contributed by atoms with van der Waals surface area (Å²) in [7, 11) is 0. The van der Waals surface area contributed by atoms with Crippen LogP contribution in [0.2, 0.25) is 0 Å². The van der Waals surface area contributed by atoms with Gasteiger partial charge in [0.25, 0.3) is 0 Å². The molecule has 0 aliphatic rings. The highest BCUT2D eigenvalue weighted by molar-refractivity contribution is 5.73. The van der Waals surface area contributed by atoms with Crippen LogP contribution in [0.5, 0.6) is 0 Å². The normalized spacial score (nSPS) is 12.5. The highest BCUT2D eigenvalue weighted by atomic mass is 19.4. The maximum absolute atomic E-state index is 12.8. The minimum absolute atomic E-state index is 0.0686. The maximum Gasteiger partial charge on any atom is 0.416 e. The minimum Gasteiger partial charge on any atom is -0.399 e. The molecule has 2 aromatic rings. The molecule has 22 heavy (non-hydrogen) atoms. The van der Waals surface area contributed by atoms with Crippen LogP contribution in [0.1, 0.15) is 11.1 Å². The van der Waals surface area contributed by atoms with E-state index in [-0.39, 0.29) is 28.6 Å². The molecule has 0 aliphatic heterocycles. The van der Waals surface area contributed by atoms with Crippen molar-refractivity contribution in [3.05, 3.63) is 47.5 Å². The fourth-order valence-electron chi connectivity index (χ4n) is 1.96. The second kappa shape index (κ2) is 5.11. The monoisotopic (exact) mass is 320 g/mol. The van der Waals surface area contributed by atoms with Crippen LogP contribution >= 0.6 is 0 Å². The number of halogens is 6. The van der Waals surface area contributed by atoms with Crippen molar-refractivity contribution in [2.75, 3.05) is 11.5 Å². The van der Waals surface area contributed by atoms with E-state index >= 15 is 0 Å². The van der Waals surface area contributed by atoms with E-state index in [9.17, 15) is 26.3 Å². The Labute approximate surface area is 121 Å². The predicted molar refractivity (Wildman–Crippen MR) is 70.7 cm³/mol. The van der Waals surface area contributed by atoms with Crippen LogP contribution in [-0.4, -0.2) is 0 Å². The summed E-state index contributed by atoms with van der Waals surface area (Å²) in [6.07, 6.45) is -9.80. The van der Waals surface area contributed by atoms with Gasteiger partial charge in [-0.3, -0.25) is 0 Å². The second-order valence-electron chi connectivity index (χ2n) is 4.68. The largest absolute Gasteiger partial charge is 0.416 e. The molecule has 0 unspecified atom stereocenters. The van der Waals surface area contributed by atoms with E-state index in [1.165, 1.54) is 18.2 Å². The molecule has 0 heterocycles. The molecule has 4 N–H and O–H groups in total. The van der Waals surface area contributed by atoms with E-state index in [1.54, 1.807) is 0 Å². The smallest absolute Gasteiger partial charge is 0.399 e. The SMILES string of the molecule is Nc1cc(N)cc(-c2cc(C(F)(F)F)cc(C(F)(F)F)c2)c1. The van der Waals surface area contributed by atoms with Gasteiger partial charge < -0.3 is 11.5 Å². The first kappa shape index (κ1) is 16.0. The molecule has 0 saturated carbocycles. The van der Waals surface area contributed by atoms with Crippen LogP contribution in [0.4, 0.5) is 37.7 Å². The third-order valence-electron chi connectivity index (χ3n) is 2.90. The lowest BCUT2D eigenvalue weighted by molar-refractivity contribution is -0.143. The summed E-state index contributed by atoms with van der Waals surface area (Å²) in [6.45, 7) is 0. The molecule has 0 radical (unpaired) electrons. The van der Waals surface area contributed by atoms with Crippen molar-refractivity contribution in [3.63, 3.8) is 0 Å². The molecule has 0 spiro atoms. The number of alkyl halides is 6. The molecule has 0 saturated heterocycles. The van der Waals surface area contributed by atoms with Gasteiger partial charge in [0.15, 0.2) is 0 Å². The van der Waals surface area contributed by atoms with Gasteiger partial charge in [-0.15, -0.1) is 0 Å². The lowest BCUT2D eigenvalue weighted by atomic mass is 9.98. The number of anilines is 2. The highest BCUT2D eigenvalue weighted by Gasteiger charge is 2.37. The first-order valence-electron chi connectivity index (χ1n) is 5.93. The number of nitrogens with two attached hydrogens (primary N) is 2. The topological polar surface area (TPSA) is 52.0 Å². The Balaban J connectivity index is 2.70. The molecular weight excluding hydrogens is 310 g/mol. The first-order valence-corrected chi connectivity index (χ1v) is 5.93. The van der Waals surface area contributed by atoms with Crippen molar-refractivity contribution in [1.29, 1.82) is 0 Å². The van der Waals surface area contributed by atoms with Gasteiger partial charge in [-0.05, 0) is 47.5 Å². The lowest BCUT2D eigenvalue weighted by Gasteiger charge is -2.15. The van der Waals surface area contributed by atoms with Gasteiger partial charge in [0, 0.05) is 11.4 Å². The van der Waals surface area contributed by atoms with Crippen molar-refractivity contribution < 1.29 is 26.3 Å². The van der Waals surface area contributed by atoms with Crippen molar-refractivity contribution in [1.82, 2.24) is 0 Å².